The van der Waals surface area contributed by atoms with Crippen molar-refractivity contribution in [2.75, 3.05) is 21.1 Å². The third-order valence-corrected chi connectivity index (χ3v) is 3.07. The van der Waals surface area contributed by atoms with Gasteiger partial charge in [-0.25, -0.2) is 0 Å². The fourth-order valence-electron chi connectivity index (χ4n) is 1.90. The van der Waals surface area contributed by atoms with Crippen molar-refractivity contribution >= 4 is 23.0 Å². The molecule has 2 aromatic rings. The molecule has 4 nitrogen and oxygen atoms in total. The summed E-state index contributed by atoms with van der Waals surface area (Å²) in [5, 5.41) is 19.0. The second-order valence-corrected chi connectivity index (χ2v) is 6.37. The maximum atomic E-state index is 9.92. The van der Waals surface area contributed by atoms with Gasteiger partial charge in [0.2, 0.25) is 0 Å². The molecule has 1 N–H and O–H groups in total. The molecular formula is C16H19ClIN3O. The SMILES string of the molecule is C[N+](C)(C)Cc1cc(N=Nc2ccc(Cl)cc2)ccc1O.[I-]. The number of halogens is 2. The summed E-state index contributed by atoms with van der Waals surface area (Å²) in [5.41, 5.74) is 2.31. The lowest BCUT2D eigenvalue weighted by Gasteiger charge is -2.24. The van der Waals surface area contributed by atoms with E-state index in [1.165, 1.54) is 0 Å². The summed E-state index contributed by atoms with van der Waals surface area (Å²) in [5.74, 6) is 0.286. The van der Waals surface area contributed by atoms with Crippen molar-refractivity contribution in [1.29, 1.82) is 0 Å². The van der Waals surface area contributed by atoms with Crippen LogP contribution in [-0.4, -0.2) is 30.7 Å². The molecule has 118 valence electrons. The van der Waals surface area contributed by atoms with E-state index >= 15 is 0 Å². The highest BCUT2D eigenvalue weighted by Gasteiger charge is 2.12. The van der Waals surface area contributed by atoms with Crippen molar-refractivity contribution in [2.45, 2.75) is 6.54 Å². The van der Waals surface area contributed by atoms with Crippen molar-refractivity contribution < 1.29 is 33.6 Å². The second kappa shape index (κ2) is 7.89. The van der Waals surface area contributed by atoms with E-state index in [9.17, 15) is 5.11 Å². The van der Waals surface area contributed by atoms with Gasteiger partial charge in [-0.2, -0.15) is 10.2 Å². The third-order valence-electron chi connectivity index (χ3n) is 2.82. The molecule has 2 aromatic carbocycles. The minimum Gasteiger partial charge on any atom is -1.00 e. The Bertz CT molecular complexity index is 651. The van der Waals surface area contributed by atoms with E-state index in [1.54, 1.807) is 36.4 Å². The fraction of sp³-hybridized carbons (Fsp3) is 0.250. The second-order valence-electron chi connectivity index (χ2n) is 5.94. The quantitative estimate of drug-likeness (QED) is 0.447. The molecule has 6 heteroatoms. The first kappa shape index (κ1) is 18.9. The number of aromatic hydroxyl groups is 1. The summed E-state index contributed by atoms with van der Waals surface area (Å²) in [6, 6.07) is 12.4. The number of azo groups is 1. The highest BCUT2D eigenvalue weighted by Crippen LogP contribution is 2.27. The zero-order valence-electron chi connectivity index (χ0n) is 12.8. The van der Waals surface area contributed by atoms with Gasteiger partial charge < -0.3 is 33.6 Å². The Morgan fingerprint density at radius 2 is 1.50 bits per heavy atom. The Balaban J connectivity index is 0.00000242. The molecule has 0 heterocycles. The van der Waals surface area contributed by atoms with Gasteiger partial charge in [0.25, 0.3) is 0 Å². The lowest BCUT2D eigenvalue weighted by molar-refractivity contribution is -0.884. The zero-order chi connectivity index (χ0) is 15.5. The van der Waals surface area contributed by atoms with Gasteiger partial charge in [-0.15, -0.1) is 0 Å². The van der Waals surface area contributed by atoms with Crippen molar-refractivity contribution in [1.82, 2.24) is 0 Å². The largest absolute Gasteiger partial charge is 1.00 e. The molecule has 0 bridgehead atoms. The first-order chi connectivity index (χ1) is 9.83. The first-order valence-corrected chi connectivity index (χ1v) is 7.01. The maximum Gasteiger partial charge on any atom is 0.124 e. The maximum absolute atomic E-state index is 9.92. The summed E-state index contributed by atoms with van der Waals surface area (Å²) in [4.78, 5) is 0. The molecule has 0 amide bonds. The molecule has 0 aromatic heterocycles. The molecular weight excluding hydrogens is 413 g/mol. The van der Waals surface area contributed by atoms with Crippen molar-refractivity contribution in [3.8, 4) is 5.75 Å². The molecule has 0 aliphatic rings. The first-order valence-electron chi connectivity index (χ1n) is 6.63. The van der Waals surface area contributed by atoms with E-state index in [0.717, 1.165) is 22.3 Å². The van der Waals surface area contributed by atoms with Gasteiger partial charge >= 0.3 is 0 Å². The number of hydrogen-bond acceptors (Lipinski definition) is 3. The van der Waals surface area contributed by atoms with E-state index in [0.29, 0.717) is 10.7 Å². The molecule has 0 unspecified atom stereocenters. The van der Waals surface area contributed by atoms with E-state index in [4.69, 9.17) is 11.6 Å². The highest BCUT2D eigenvalue weighted by atomic mass is 127. The lowest BCUT2D eigenvalue weighted by atomic mass is 10.1. The van der Waals surface area contributed by atoms with Crippen LogP contribution < -0.4 is 24.0 Å². The normalized spacial score (nSPS) is 11.5. The smallest absolute Gasteiger partial charge is 0.124 e. The van der Waals surface area contributed by atoms with Crippen molar-refractivity contribution in [2.24, 2.45) is 10.2 Å². The molecule has 0 spiro atoms. The molecule has 0 saturated heterocycles. The molecule has 0 fully saturated rings. The predicted molar refractivity (Wildman–Crippen MR) is 85.5 cm³/mol. The number of quaternary nitrogens is 1. The van der Waals surface area contributed by atoms with Gasteiger partial charge in [-0.05, 0) is 42.5 Å². The number of hydrogen-bond donors (Lipinski definition) is 1. The van der Waals surface area contributed by atoms with Crippen LogP contribution >= 0.6 is 11.6 Å². The monoisotopic (exact) mass is 431 g/mol. The van der Waals surface area contributed by atoms with Gasteiger partial charge in [0, 0.05) is 5.02 Å². The summed E-state index contributed by atoms with van der Waals surface area (Å²) in [6.45, 7) is 0.718. The molecule has 0 atom stereocenters. The van der Waals surface area contributed by atoms with E-state index in [-0.39, 0.29) is 29.7 Å². The van der Waals surface area contributed by atoms with E-state index < -0.39 is 0 Å². The van der Waals surface area contributed by atoms with Crippen LogP contribution in [0.2, 0.25) is 5.02 Å². The van der Waals surface area contributed by atoms with Crippen molar-refractivity contribution in [3.63, 3.8) is 0 Å². The van der Waals surface area contributed by atoms with Crippen LogP contribution in [0.15, 0.2) is 52.7 Å². The lowest BCUT2D eigenvalue weighted by Crippen LogP contribution is -3.00. The zero-order valence-corrected chi connectivity index (χ0v) is 15.7. The Hall–Kier alpha value is -1.18. The van der Waals surface area contributed by atoms with Gasteiger partial charge in [-0.1, -0.05) is 11.6 Å². The molecule has 0 aliphatic heterocycles. The van der Waals surface area contributed by atoms with Crippen LogP contribution in [0.25, 0.3) is 0 Å². The standard InChI is InChI=1S/C16H18ClN3O.HI/c1-20(2,3)11-12-10-15(8-9-16(12)21)19-18-14-6-4-13(17)5-7-14;/h4-10H,11H2,1-3H3;1H. The van der Waals surface area contributed by atoms with Crippen LogP contribution in [0.1, 0.15) is 5.56 Å². The number of benzene rings is 2. The number of phenolic OH excluding ortho intramolecular Hbond substituents is 1. The van der Waals surface area contributed by atoms with Crippen LogP contribution in [0.5, 0.6) is 5.75 Å². The molecule has 22 heavy (non-hydrogen) atoms. The fourth-order valence-corrected chi connectivity index (χ4v) is 2.02. The van der Waals surface area contributed by atoms with Gasteiger partial charge in [0.15, 0.2) is 0 Å². The number of rotatable bonds is 4. The van der Waals surface area contributed by atoms with Crippen molar-refractivity contribution in [3.05, 3.63) is 53.1 Å². The van der Waals surface area contributed by atoms with Gasteiger partial charge in [0.1, 0.15) is 12.3 Å². The Morgan fingerprint density at radius 1 is 0.955 bits per heavy atom. The van der Waals surface area contributed by atoms with Crippen LogP contribution in [-0.2, 0) is 6.54 Å². The van der Waals surface area contributed by atoms with E-state index in [2.05, 4.69) is 31.4 Å². The topological polar surface area (TPSA) is 45.0 Å². The van der Waals surface area contributed by atoms with Crippen LogP contribution in [0.3, 0.4) is 0 Å². The summed E-state index contributed by atoms with van der Waals surface area (Å²) in [6.07, 6.45) is 0. The summed E-state index contributed by atoms with van der Waals surface area (Å²) in [7, 11) is 6.21. The number of nitrogens with zero attached hydrogens (tertiary/aromatic N) is 3. The summed E-state index contributed by atoms with van der Waals surface area (Å²) < 4.78 is 0.728. The van der Waals surface area contributed by atoms with E-state index in [1.807, 2.05) is 6.07 Å². The highest BCUT2D eigenvalue weighted by molar-refractivity contribution is 6.30. The van der Waals surface area contributed by atoms with Crippen LogP contribution in [0.4, 0.5) is 11.4 Å². The minimum absolute atomic E-state index is 0. The minimum atomic E-state index is 0. The Morgan fingerprint density at radius 3 is 2.09 bits per heavy atom. The molecule has 0 saturated carbocycles. The average molecular weight is 432 g/mol. The van der Waals surface area contributed by atoms with Crippen LogP contribution in [0, 0.1) is 0 Å². The molecule has 0 radical (unpaired) electrons. The summed E-state index contributed by atoms with van der Waals surface area (Å²) >= 11 is 5.83. The van der Waals surface area contributed by atoms with Gasteiger partial charge in [0.05, 0.1) is 38.1 Å². The number of phenols is 1. The molecule has 0 aliphatic carbocycles. The molecule has 2 rings (SSSR count). The average Bonchev–Trinajstić information content (AvgIpc) is 2.40. The Labute approximate surface area is 153 Å². The Kier molecular flexibility index (Phi) is 6.77. The van der Waals surface area contributed by atoms with Gasteiger partial charge in [-0.3, -0.25) is 0 Å². The predicted octanol–water partition coefficient (Wildman–Crippen LogP) is 1.67. The third kappa shape index (κ3) is 5.90.